The highest BCUT2D eigenvalue weighted by molar-refractivity contribution is 5.69. The molecule has 290 valence electrons. The first-order valence-corrected chi connectivity index (χ1v) is 20.8. The van der Waals surface area contributed by atoms with Crippen LogP contribution in [0.4, 0.5) is 0 Å². The largest absolute Gasteiger partial charge is 0.457 e. The summed E-state index contributed by atoms with van der Waals surface area (Å²) in [4.78, 5) is 12.2. The number of rotatable bonds is 37. The third-order valence-electron chi connectivity index (χ3n) is 8.40. The second-order valence-electron chi connectivity index (χ2n) is 13.3. The van der Waals surface area contributed by atoms with E-state index in [1.54, 1.807) is 0 Å². The van der Waals surface area contributed by atoms with Gasteiger partial charge in [-0.3, -0.25) is 4.79 Å². The lowest BCUT2D eigenvalue weighted by Crippen LogP contribution is -2.27. The van der Waals surface area contributed by atoms with Crippen molar-refractivity contribution in [2.24, 2.45) is 0 Å². The SMILES string of the molecule is CC/C=C\C/C=C\C/C=C\C/C=C\CCCCCCCCCOCC(CO)OC(=O)CCCCCCCC/C=C\C/C=C\C/C=C\C/C=C\CC. The molecule has 0 aromatic rings. The van der Waals surface area contributed by atoms with Crippen LogP contribution >= 0.6 is 0 Å². The van der Waals surface area contributed by atoms with E-state index in [9.17, 15) is 9.90 Å². The third kappa shape index (κ3) is 41.6. The Morgan fingerprint density at radius 2 is 0.824 bits per heavy atom. The predicted molar refractivity (Wildman–Crippen MR) is 223 cm³/mol. The van der Waals surface area contributed by atoms with E-state index in [1.165, 1.54) is 57.8 Å². The maximum Gasteiger partial charge on any atom is 0.306 e. The fourth-order valence-corrected chi connectivity index (χ4v) is 5.37. The van der Waals surface area contributed by atoms with Crippen molar-refractivity contribution in [2.75, 3.05) is 19.8 Å². The summed E-state index contributed by atoms with van der Waals surface area (Å²) in [5.41, 5.74) is 0. The zero-order chi connectivity index (χ0) is 37.0. The Kier molecular flexibility index (Phi) is 41.2. The molecule has 0 amide bonds. The van der Waals surface area contributed by atoms with Crippen LogP contribution in [0, 0.1) is 0 Å². The fraction of sp³-hybridized carbons (Fsp3) is 0.638. The molecule has 0 aliphatic heterocycles. The standard InChI is InChI=1S/C47H78O4/c1-3-5-7-9-11-13-15-17-19-21-23-25-27-29-31-33-35-37-39-41-43-50-45-46(44-48)51-47(49)42-40-38-36-34-32-30-28-26-24-22-20-18-16-14-12-10-8-6-4-2/h5-8,11-14,17-20,23-26,46,48H,3-4,9-10,15-16,21-22,27-45H2,1-2H3/b7-5-,8-6-,13-11-,14-12-,19-17-,20-18-,25-23-,26-24-. The number of hydrogen-bond donors (Lipinski definition) is 1. The monoisotopic (exact) mass is 707 g/mol. The van der Waals surface area contributed by atoms with Crippen molar-refractivity contribution < 1.29 is 19.4 Å². The minimum Gasteiger partial charge on any atom is -0.457 e. The highest BCUT2D eigenvalue weighted by atomic mass is 16.6. The number of aliphatic hydroxyl groups is 1. The Balaban J connectivity index is 3.53. The van der Waals surface area contributed by atoms with Crippen molar-refractivity contribution in [3.8, 4) is 0 Å². The van der Waals surface area contributed by atoms with Gasteiger partial charge < -0.3 is 14.6 Å². The van der Waals surface area contributed by atoms with Gasteiger partial charge in [0, 0.05) is 13.0 Å². The van der Waals surface area contributed by atoms with Gasteiger partial charge in [-0.05, 0) is 89.9 Å². The van der Waals surface area contributed by atoms with Crippen molar-refractivity contribution in [1.82, 2.24) is 0 Å². The number of carbonyl (C=O) groups is 1. The van der Waals surface area contributed by atoms with E-state index in [4.69, 9.17) is 9.47 Å². The van der Waals surface area contributed by atoms with Gasteiger partial charge >= 0.3 is 5.97 Å². The number of allylic oxidation sites excluding steroid dienone is 16. The van der Waals surface area contributed by atoms with Crippen molar-refractivity contribution in [3.63, 3.8) is 0 Å². The minimum atomic E-state index is -0.555. The topological polar surface area (TPSA) is 55.8 Å². The molecule has 0 aliphatic rings. The van der Waals surface area contributed by atoms with E-state index in [0.29, 0.717) is 13.0 Å². The van der Waals surface area contributed by atoms with Crippen LogP contribution in [0.3, 0.4) is 0 Å². The highest BCUT2D eigenvalue weighted by Gasteiger charge is 2.13. The van der Waals surface area contributed by atoms with Crippen LogP contribution in [0.1, 0.15) is 168 Å². The summed E-state index contributed by atoms with van der Waals surface area (Å²) in [6.45, 7) is 5.07. The summed E-state index contributed by atoms with van der Waals surface area (Å²) in [7, 11) is 0. The lowest BCUT2D eigenvalue weighted by atomic mass is 10.1. The quantitative estimate of drug-likeness (QED) is 0.0397. The molecule has 0 heterocycles. The predicted octanol–water partition coefficient (Wildman–Crippen LogP) is 13.8. The molecule has 51 heavy (non-hydrogen) atoms. The Bertz CT molecular complexity index is 965. The maximum atomic E-state index is 12.2. The number of esters is 1. The molecule has 0 rings (SSSR count). The Morgan fingerprint density at radius 3 is 1.24 bits per heavy atom. The molecule has 0 aromatic heterocycles. The van der Waals surface area contributed by atoms with Gasteiger partial charge in [0.1, 0.15) is 6.10 Å². The second kappa shape index (κ2) is 43.5. The zero-order valence-electron chi connectivity index (χ0n) is 33.1. The molecule has 0 saturated carbocycles. The van der Waals surface area contributed by atoms with Gasteiger partial charge in [-0.1, -0.05) is 169 Å². The first-order valence-electron chi connectivity index (χ1n) is 20.8. The number of hydrogen-bond acceptors (Lipinski definition) is 4. The van der Waals surface area contributed by atoms with Crippen LogP contribution in [-0.4, -0.2) is 37.0 Å². The number of ether oxygens (including phenoxy) is 2. The normalized spacial score (nSPS) is 13.4. The molecule has 0 spiro atoms. The number of aliphatic hydroxyl groups excluding tert-OH is 1. The summed E-state index contributed by atoms with van der Waals surface area (Å²) in [6, 6.07) is 0. The van der Waals surface area contributed by atoms with E-state index >= 15 is 0 Å². The number of unbranched alkanes of at least 4 members (excludes halogenated alkanes) is 13. The molecule has 1 N–H and O–H groups in total. The molecule has 0 aromatic carbocycles. The molecule has 0 fully saturated rings. The summed E-state index contributed by atoms with van der Waals surface area (Å²) >= 11 is 0. The Hall–Kier alpha value is -2.69. The average Bonchev–Trinajstić information content (AvgIpc) is 3.14. The second-order valence-corrected chi connectivity index (χ2v) is 13.3. The fourth-order valence-electron chi connectivity index (χ4n) is 5.37. The van der Waals surface area contributed by atoms with Crippen molar-refractivity contribution in [2.45, 2.75) is 174 Å². The van der Waals surface area contributed by atoms with Gasteiger partial charge in [-0.15, -0.1) is 0 Å². The molecular formula is C47H78O4. The van der Waals surface area contributed by atoms with Crippen molar-refractivity contribution >= 4 is 5.97 Å². The van der Waals surface area contributed by atoms with Gasteiger partial charge in [-0.2, -0.15) is 0 Å². The van der Waals surface area contributed by atoms with E-state index in [1.807, 2.05) is 0 Å². The van der Waals surface area contributed by atoms with Gasteiger partial charge in [0.15, 0.2) is 0 Å². The molecule has 4 heteroatoms. The lowest BCUT2D eigenvalue weighted by molar-refractivity contribution is -0.154. The number of carbonyl (C=O) groups excluding carboxylic acids is 1. The molecule has 1 atom stereocenters. The van der Waals surface area contributed by atoms with E-state index in [0.717, 1.165) is 89.9 Å². The molecule has 0 saturated heterocycles. The van der Waals surface area contributed by atoms with Crippen LogP contribution < -0.4 is 0 Å². The van der Waals surface area contributed by atoms with E-state index < -0.39 is 6.10 Å². The van der Waals surface area contributed by atoms with Crippen LogP contribution in [0.2, 0.25) is 0 Å². The Labute approximate surface area is 315 Å². The van der Waals surface area contributed by atoms with Gasteiger partial charge in [0.25, 0.3) is 0 Å². The zero-order valence-corrected chi connectivity index (χ0v) is 33.1. The molecular weight excluding hydrogens is 629 g/mol. The van der Waals surface area contributed by atoms with Gasteiger partial charge in [-0.25, -0.2) is 0 Å². The van der Waals surface area contributed by atoms with E-state index in [-0.39, 0.29) is 19.2 Å². The van der Waals surface area contributed by atoms with Gasteiger partial charge in [0.05, 0.1) is 13.2 Å². The summed E-state index contributed by atoms with van der Waals surface area (Å²) in [5.74, 6) is -0.223. The molecule has 1 unspecified atom stereocenters. The Morgan fingerprint density at radius 1 is 0.471 bits per heavy atom. The van der Waals surface area contributed by atoms with Gasteiger partial charge in [0.2, 0.25) is 0 Å². The van der Waals surface area contributed by atoms with Crippen LogP contribution in [0.5, 0.6) is 0 Å². The smallest absolute Gasteiger partial charge is 0.306 e. The van der Waals surface area contributed by atoms with Crippen molar-refractivity contribution in [3.05, 3.63) is 97.2 Å². The summed E-state index contributed by atoms with van der Waals surface area (Å²) in [6.07, 6.45) is 61.7. The first-order chi connectivity index (χ1) is 25.2. The third-order valence-corrected chi connectivity index (χ3v) is 8.40. The molecule has 0 aliphatic carbocycles. The summed E-state index contributed by atoms with van der Waals surface area (Å²) < 4.78 is 11.1. The maximum absolute atomic E-state index is 12.2. The highest BCUT2D eigenvalue weighted by Crippen LogP contribution is 2.12. The first kappa shape index (κ1) is 48.3. The molecule has 4 nitrogen and oxygen atoms in total. The van der Waals surface area contributed by atoms with Crippen LogP contribution in [0.15, 0.2) is 97.2 Å². The minimum absolute atomic E-state index is 0.189. The van der Waals surface area contributed by atoms with Crippen LogP contribution in [0.25, 0.3) is 0 Å². The molecule has 0 radical (unpaired) electrons. The van der Waals surface area contributed by atoms with Crippen LogP contribution in [-0.2, 0) is 14.3 Å². The van der Waals surface area contributed by atoms with E-state index in [2.05, 4.69) is 111 Å². The molecule has 0 bridgehead atoms. The lowest BCUT2D eigenvalue weighted by Gasteiger charge is -2.15. The average molecular weight is 707 g/mol. The van der Waals surface area contributed by atoms with Crippen molar-refractivity contribution in [1.29, 1.82) is 0 Å². The summed E-state index contributed by atoms with van der Waals surface area (Å²) in [5, 5.41) is 9.60.